The van der Waals surface area contributed by atoms with Crippen LogP contribution in [-0.2, 0) is 15.1 Å². The largest absolute Gasteiger partial charge is 0.442 e. The number of alkyl halides is 3. The molecule has 2 rings (SSSR count). The molecule has 0 radical (unpaired) electrons. The summed E-state index contributed by atoms with van der Waals surface area (Å²) in [5, 5.41) is 6.87. The molecule has 1 aliphatic rings. The maximum absolute atomic E-state index is 12.1. The summed E-state index contributed by atoms with van der Waals surface area (Å²) in [5.41, 5.74) is -5.18. The second kappa shape index (κ2) is 6.11. The number of rotatable bonds is 4. The molecular weight excluding hydrogens is 335 g/mol. The van der Waals surface area contributed by atoms with Crippen LogP contribution in [0.5, 0.6) is 0 Å². The minimum atomic E-state index is -4.49. The van der Waals surface area contributed by atoms with Crippen LogP contribution >= 0.6 is 11.8 Å². The van der Waals surface area contributed by atoms with Gasteiger partial charge in [-0.25, -0.2) is 4.79 Å². The van der Waals surface area contributed by atoms with Crippen molar-refractivity contribution in [1.29, 1.82) is 0 Å². The molecule has 23 heavy (non-hydrogen) atoms. The molecule has 4 amide bonds. The maximum Gasteiger partial charge on any atom is 0.442 e. The van der Waals surface area contributed by atoms with E-state index >= 15 is 0 Å². The van der Waals surface area contributed by atoms with E-state index in [0.29, 0.717) is 5.56 Å². The van der Waals surface area contributed by atoms with E-state index in [1.165, 1.54) is 25.1 Å². The monoisotopic (exact) mass is 347 g/mol. The van der Waals surface area contributed by atoms with Crippen LogP contribution in [0.25, 0.3) is 0 Å². The molecule has 124 valence electrons. The van der Waals surface area contributed by atoms with E-state index in [4.69, 9.17) is 0 Å². The van der Waals surface area contributed by atoms with Crippen molar-refractivity contribution < 1.29 is 27.6 Å². The number of benzene rings is 1. The van der Waals surface area contributed by atoms with Crippen molar-refractivity contribution >= 4 is 35.3 Å². The Labute approximate surface area is 133 Å². The van der Waals surface area contributed by atoms with E-state index < -0.39 is 46.4 Å². The zero-order valence-corrected chi connectivity index (χ0v) is 12.6. The Hall–Kier alpha value is -2.23. The normalized spacial score (nSPS) is 20.9. The number of carbonyl (C=O) groups is 3. The lowest BCUT2D eigenvalue weighted by Crippen LogP contribution is -2.40. The molecule has 1 atom stereocenters. The third-order valence-electron chi connectivity index (χ3n) is 3.14. The SMILES string of the molecule is CC1(c2cccc(NC(=O)CSC(F)(F)F)c2)NC(=O)NC1=O. The van der Waals surface area contributed by atoms with Crippen molar-refractivity contribution in [1.82, 2.24) is 10.6 Å². The number of urea groups is 1. The van der Waals surface area contributed by atoms with Crippen molar-refractivity contribution in [3.8, 4) is 0 Å². The van der Waals surface area contributed by atoms with Crippen molar-refractivity contribution in [3.63, 3.8) is 0 Å². The average molecular weight is 347 g/mol. The molecule has 0 saturated carbocycles. The number of imide groups is 1. The Morgan fingerprint density at radius 2 is 2.04 bits per heavy atom. The Bertz CT molecular complexity index is 665. The zero-order chi connectivity index (χ0) is 17.3. The smallest absolute Gasteiger partial charge is 0.325 e. The Morgan fingerprint density at radius 3 is 2.61 bits per heavy atom. The van der Waals surface area contributed by atoms with Gasteiger partial charge in [-0.3, -0.25) is 14.9 Å². The third kappa shape index (κ3) is 4.15. The lowest BCUT2D eigenvalue weighted by atomic mass is 9.92. The van der Waals surface area contributed by atoms with Crippen molar-refractivity contribution in [2.45, 2.75) is 18.0 Å². The molecule has 6 nitrogen and oxygen atoms in total. The molecule has 1 saturated heterocycles. The first kappa shape index (κ1) is 17.1. The van der Waals surface area contributed by atoms with Crippen molar-refractivity contribution in [2.24, 2.45) is 0 Å². The second-order valence-corrected chi connectivity index (χ2v) is 5.94. The van der Waals surface area contributed by atoms with E-state index in [1.54, 1.807) is 6.07 Å². The standard InChI is InChI=1S/C13H12F3N3O3S/c1-12(10(21)18-11(22)19-12)7-3-2-4-8(5-7)17-9(20)6-23-13(14,15)16/h2-5H,6H2,1H3,(H,17,20)(H2,18,19,21,22). The minimum Gasteiger partial charge on any atom is -0.325 e. The third-order valence-corrected chi connectivity index (χ3v) is 3.87. The summed E-state index contributed by atoms with van der Waals surface area (Å²) in [4.78, 5) is 34.6. The summed E-state index contributed by atoms with van der Waals surface area (Å²) in [7, 11) is 0. The van der Waals surface area contributed by atoms with Gasteiger partial charge < -0.3 is 10.6 Å². The molecule has 0 aliphatic carbocycles. The average Bonchev–Trinajstić information content (AvgIpc) is 2.70. The van der Waals surface area contributed by atoms with Gasteiger partial charge in [-0.1, -0.05) is 12.1 Å². The van der Waals surface area contributed by atoms with Crippen LogP contribution in [0, 0.1) is 0 Å². The summed E-state index contributed by atoms with van der Waals surface area (Å²) in [5.74, 6) is -2.16. The van der Waals surface area contributed by atoms with Gasteiger partial charge in [0.05, 0.1) is 5.75 Å². The summed E-state index contributed by atoms with van der Waals surface area (Å²) >= 11 is -0.443. The quantitative estimate of drug-likeness (QED) is 0.727. The van der Waals surface area contributed by atoms with Crippen LogP contribution < -0.4 is 16.0 Å². The van der Waals surface area contributed by atoms with E-state index in [2.05, 4.69) is 16.0 Å². The number of halogens is 3. The first-order valence-electron chi connectivity index (χ1n) is 6.35. The van der Waals surface area contributed by atoms with Crippen LogP contribution in [0.3, 0.4) is 0 Å². The summed E-state index contributed by atoms with van der Waals surface area (Å²) in [6.45, 7) is 1.48. The van der Waals surface area contributed by atoms with Crippen LogP contribution in [-0.4, -0.2) is 29.1 Å². The first-order chi connectivity index (χ1) is 10.6. The van der Waals surface area contributed by atoms with Crippen LogP contribution in [0.1, 0.15) is 12.5 Å². The van der Waals surface area contributed by atoms with Gasteiger partial charge in [0.2, 0.25) is 5.91 Å². The van der Waals surface area contributed by atoms with E-state index in [0.717, 1.165) is 0 Å². The minimum absolute atomic E-state index is 0.227. The lowest BCUT2D eigenvalue weighted by Gasteiger charge is -2.21. The molecule has 10 heteroatoms. The van der Waals surface area contributed by atoms with E-state index in [9.17, 15) is 27.6 Å². The van der Waals surface area contributed by atoms with E-state index in [1.807, 2.05) is 0 Å². The number of thioether (sulfide) groups is 1. The second-order valence-electron chi connectivity index (χ2n) is 4.90. The Kier molecular flexibility index (Phi) is 4.55. The molecular formula is C13H12F3N3O3S. The van der Waals surface area contributed by atoms with Crippen molar-refractivity contribution in [3.05, 3.63) is 29.8 Å². The molecule has 1 unspecified atom stereocenters. The molecule has 0 spiro atoms. The molecule has 1 aliphatic heterocycles. The predicted octanol–water partition coefficient (Wildman–Crippen LogP) is 1.93. The highest BCUT2D eigenvalue weighted by Gasteiger charge is 2.43. The van der Waals surface area contributed by atoms with Crippen molar-refractivity contribution in [2.75, 3.05) is 11.1 Å². The highest BCUT2D eigenvalue weighted by molar-refractivity contribution is 8.00. The summed E-state index contributed by atoms with van der Waals surface area (Å²) < 4.78 is 36.2. The number of nitrogens with one attached hydrogen (secondary N) is 3. The maximum atomic E-state index is 12.1. The van der Waals surface area contributed by atoms with Gasteiger partial charge in [0, 0.05) is 5.69 Å². The molecule has 1 fully saturated rings. The number of anilines is 1. The van der Waals surface area contributed by atoms with Gasteiger partial charge in [-0.2, -0.15) is 13.2 Å². The van der Waals surface area contributed by atoms with Crippen LogP contribution in [0.15, 0.2) is 24.3 Å². The Morgan fingerprint density at radius 1 is 1.35 bits per heavy atom. The van der Waals surface area contributed by atoms with Gasteiger partial charge in [0.25, 0.3) is 5.91 Å². The van der Waals surface area contributed by atoms with Gasteiger partial charge in [-0.15, -0.1) is 0 Å². The van der Waals surface area contributed by atoms with Gasteiger partial charge >= 0.3 is 11.5 Å². The fraction of sp³-hybridized carbons (Fsp3) is 0.308. The highest BCUT2D eigenvalue weighted by Crippen LogP contribution is 2.30. The highest BCUT2D eigenvalue weighted by atomic mass is 32.2. The molecule has 3 N–H and O–H groups in total. The first-order valence-corrected chi connectivity index (χ1v) is 7.33. The molecule has 1 aromatic rings. The van der Waals surface area contributed by atoms with Gasteiger partial charge in [0.1, 0.15) is 5.54 Å². The molecule has 1 aromatic carbocycles. The Balaban J connectivity index is 2.10. The summed E-state index contributed by atoms with van der Waals surface area (Å²) in [6.07, 6.45) is 0. The fourth-order valence-electron chi connectivity index (χ4n) is 2.00. The number of hydrogen-bond acceptors (Lipinski definition) is 4. The number of amides is 4. The number of carbonyl (C=O) groups excluding carboxylic acids is 3. The molecule has 0 aromatic heterocycles. The van der Waals surface area contributed by atoms with Gasteiger partial charge in [-0.05, 0) is 36.4 Å². The molecule has 0 bridgehead atoms. The molecule has 1 heterocycles. The number of hydrogen-bond donors (Lipinski definition) is 3. The predicted molar refractivity (Wildman–Crippen MR) is 77.6 cm³/mol. The van der Waals surface area contributed by atoms with Crippen LogP contribution in [0.2, 0.25) is 0 Å². The fourth-order valence-corrected chi connectivity index (χ4v) is 2.37. The van der Waals surface area contributed by atoms with Crippen LogP contribution in [0.4, 0.5) is 23.7 Å². The lowest BCUT2D eigenvalue weighted by molar-refractivity contribution is -0.123. The topological polar surface area (TPSA) is 87.3 Å². The van der Waals surface area contributed by atoms with Gasteiger partial charge in [0.15, 0.2) is 0 Å². The summed E-state index contributed by atoms with van der Waals surface area (Å²) in [6, 6.07) is 5.32. The van der Waals surface area contributed by atoms with E-state index in [-0.39, 0.29) is 5.69 Å². The zero-order valence-electron chi connectivity index (χ0n) is 11.8.